The molecular weight excluding hydrogens is 542 g/mol. The zero-order valence-electron chi connectivity index (χ0n) is 24.0. The number of hydrogen-bond donors (Lipinski definition) is 1. The minimum atomic E-state index is -1.51. The van der Waals surface area contributed by atoms with Crippen molar-refractivity contribution >= 4 is 17.3 Å². The van der Waals surface area contributed by atoms with Gasteiger partial charge < -0.3 is 9.29 Å². The Morgan fingerprint density at radius 1 is 1.00 bits per heavy atom. The molecule has 1 N–H and O–H groups in total. The lowest BCUT2D eigenvalue weighted by atomic mass is 9.82. The van der Waals surface area contributed by atoms with E-state index in [0.717, 1.165) is 61.3 Å². The van der Waals surface area contributed by atoms with Crippen molar-refractivity contribution in [2.45, 2.75) is 44.6 Å². The van der Waals surface area contributed by atoms with Gasteiger partial charge in [0, 0.05) is 30.6 Å². The molecule has 2 aliphatic rings. The monoisotopic (exact) mass is 577 g/mol. The van der Waals surface area contributed by atoms with Gasteiger partial charge in [0.25, 0.3) is 5.95 Å². The average molecular weight is 578 g/mol. The maximum absolute atomic E-state index is 13.3. The van der Waals surface area contributed by atoms with E-state index in [2.05, 4.69) is 64.9 Å². The van der Waals surface area contributed by atoms with E-state index >= 15 is 0 Å². The maximum atomic E-state index is 13.3. The van der Waals surface area contributed by atoms with Gasteiger partial charge in [-0.15, -0.1) is 0 Å². The van der Waals surface area contributed by atoms with Crippen LogP contribution >= 0.6 is 0 Å². The van der Waals surface area contributed by atoms with Gasteiger partial charge in [0.05, 0.1) is 23.9 Å². The van der Waals surface area contributed by atoms with Gasteiger partial charge >= 0.3 is 0 Å². The van der Waals surface area contributed by atoms with Crippen LogP contribution in [0.4, 0.5) is 5.95 Å². The van der Waals surface area contributed by atoms with Crippen molar-refractivity contribution in [1.29, 1.82) is 5.26 Å². The largest absolute Gasteiger partial charge is 0.588 e. The summed E-state index contributed by atoms with van der Waals surface area (Å²) in [6, 6.07) is 26.2. The third-order valence-electron chi connectivity index (χ3n) is 8.45. The number of anilines is 1. The number of aryl methyl sites for hydroxylation is 3. The normalized spacial score (nSPS) is 20.8. The van der Waals surface area contributed by atoms with Crippen LogP contribution in [-0.4, -0.2) is 39.1 Å². The van der Waals surface area contributed by atoms with Gasteiger partial charge in [-0.05, 0) is 92.1 Å². The summed E-state index contributed by atoms with van der Waals surface area (Å²) in [5, 5.41) is 9.16. The molecule has 1 saturated heterocycles. The molecule has 4 bridgehead atoms. The fraction of sp³-hybridized carbons (Fsp3) is 0.324. The molecule has 0 radical (unpaired) electrons. The van der Waals surface area contributed by atoms with Crippen molar-refractivity contribution in [3.63, 3.8) is 0 Å². The van der Waals surface area contributed by atoms with Crippen molar-refractivity contribution in [3.05, 3.63) is 101 Å². The highest BCUT2D eigenvalue weighted by molar-refractivity contribution is 7.92. The lowest BCUT2D eigenvalue weighted by Crippen LogP contribution is -2.42. The number of hydrogen-bond acceptors (Lipinski definition) is 7. The van der Waals surface area contributed by atoms with E-state index < -0.39 is 11.4 Å². The molecule has 4 aromatic rings. The van der Waals surface area contributed by atoms with E-state index in [1.54, 1.807) is 0 Å². The lowest BCUT2D eigenvalue weighted by molar-refractivity contribution is 0.0708. The van der Waals surface area contributed by atoms with Crippen molar-refractivity contribution in [3.8, 4) is 23.2 Å². The topological polar surface area (TPSA) is 97.1 Å². The van der Waals surface area contributed by atoms with E-state index in [-0.39, 0.29) is 5.95 Å². The van der Waals surface area contributed by atoms with E-state index in [9.17, 15) is 4.55 Å². The molecule has 6 rings (SSSR count). The Labute approximate surface area is 250 Å². The first-order valence-corrected chi connectivity index (χ1v) is 15.7. The van der Waals surface area contributed by atoms with Crippen molar-refractivity contribution in [2.75, 3.05) is 24.4 Å². The molecule has 0 aliphatic carbocycles. The number of aromatic nitrogens is 2. The molecule has 0 amide bonds. The Morgan fingerprint density at radius 3 is 2.57 bits per heavy atom. The number of likely N-dealkylation sites (tertiary alicyclic amines) is 1. The number of fused-ring (bicyclic) bond motifs is 5. The summed E-state index contributed by atoms with van der Waals surface area (Å²) in [4.78, 5) is 12.6. The van der Waals surface area contributed by atoms with Gasteiger partial charge in [0.1, 0.15) is 11.4 Å². The zero-order chi connectivity index (χ0) is 29.1. The second-order valence-electron chi connectivity index (χ2n) is 11.4. The Morgan fingerprint density at radius 2 is 1.79 bits per heavy atom. The number of nitrogens with one attached hydrogen (secondary N) is 1. The van der Waals surface area contributed by atoms with Crippen molar-refractivity contribution in [2.24, 2.45) is 11.8 Å². The third-order valence-corrected chi connectivity index (χ3v) is 9.50. The minimum Gasteiger partial charge on any atom is -0.588 e. The fourth-order valence-electron chi connectivity index (χ4n) is 6.21. The number of piperidine rings is 1. The van der Waals surface area contributed by atoms with E-state index in [0.29, 0.717) is 34.8 Å². The number of ether oxygens (including phenoxy) is 1. The standard InChI is InChI=1S/C34H35N5O2S/c1-23-5-3-6-24(2)33(23)31-18-32-37-34(36-31)38-42(40)30-8-4-7-25(17-30)13-14-28-15-16-39(21-29(28)22-41-32)20-27-11-9-26(19-35)10-12-27/h3-12,17-18,28-29H,13-16,20-22H2,1-2H3,(H,36,37,38)/t28?,29-,42?/m1/s1. The van der Waals surface area contributed by atoms with Crippen LogP contribution in [0.15, 0.2) is 77.7 Å². The Kier molecular flexibility index (Phi) is 8.43. The predicted molar refractivity (Wildman–Crippen MR) is 165 cm³/mol. The lowest BCUT2D eigenvalue weighted by Gasteiger charge is -2.38. The maximum Gasteiger partial charge on any atom is 0.269 e. The highest BCUT2D eigenvalue weighted by atomic mass is 32.2. The molecule has 1 aromatic heterocycles. The number of nitriles is 1. The number of nitrogens with zero attached hydrogens (tertiary/aromatic N) is 4. The highest BCUT2D eigenvalue weighted by Crippen LogP contribution is 2.33. The fourth-order valence-corrected chi connectivity index (χ4v) is 7.04. The molecule has 8 heteroatoms. The van der Waals surface area contributed by atoms with Gasteiger partial charge in [-0.1, -0.05) is 42.5 Å². The van der Waals surface area contributed by atoms with Crippen molar-refractivity contribution < 1.29 is 9.29 Å². The second-order valence-corrected chi connectivity index (χ2v) is 12.6. The Balaban J connectivity index is 1.31. The van der Waals surface area contributed by atoms with Gasteiger partial charge in [0.2, 0.25) is 5.88 Å². The first-order chi connectivity index (χ1) is 20.4. The van der Waals surface area contributed by atoms with Crippen LogP contribution in [0.3, 0.4) is 0 Å². The molecule has 42 heavy (non-hydrogen) atoms. The van der Waals surface area contributed by atoms with Crippen LogP contribution in [0.2, 0.25) is 0 Å². The van der Waals surface area contributed by atoms with Crippen LogP contribution in [0.5, 0.6) is 5.88 Å². The van der Waals surface area contributed by atoms with Gasteiger partial charge in [0.15, 0.2) is 4.90 Å². The van der Waals surface area contributed by atoms with Gasteiger partial charge in [-0.3, -0.25) is 4.90 Å². The SMILES string of the molecule is Cc1cccc(C)c1-c1cc2nc(n1)N[S+]([O-])c1cccc(c1)CCC1CCN(Cc3ccc(C#N)cc3)C[C@@H]1CO2. The zero-order valence-corrected chi connectivity index (χ0v) is 24.9. The van der Waals surface area contributed by atoms with Crippen LogP contribution in [0, 0.1) is 37.0 Å². The van der Waals surface area contributed by atoms with Crippen LogP contribution in [0.25, 0.3) is 11.3 Å². The highest BCUT2D eigenvalue weighted by Gasteiger charge is 2.30. The summed E-state index contributed by atoms with van der Waals surface area (Å²) >= 11 is -1.51. The third kappa shape index (κ3) is 6.44. The predicted octanol–water partition coefficient (Wildman–Crippen LogP) is 6.23. The summed E-state index contributed by atoms with van der Waals surface area (Å²) in [5.41, 5.74) is 7.08. The molecule has 3 heterocycles. The second kappa shape index (κ2) is 12.5. The van der Waals surface area contributed by atoms with Gasteiger partial charge in [-0.25, -0.2) is 4.98 Å². The smallest absolute Gasteiger partial charge is 0.269 e. The summed E-state index contributed by atoms with van der Waals surface area (Å²) in [7, 11) is 0. The van der Waals surface area contributed by atoms with Crippen LogP contribution < -0.4 is 9.46 Å². The van der Waals surface area contributed by atoms with Crippen LogP contribution in [-0.2, 0) is 24.3 Å². The van der Waals surface area contributed by atoms with E-state index in [1.807, 2.05) is 42.5 Å². The quantitative estimate of drug-likeness (QED) is 0.288. The van der Waals surface area contributed by atoms with E-state index in [1.165, 1.54) is 11.1 Å². The minimum absolute atomic E-state index is 0.286. The molecule has 2 aliphatic heterocycles. The van der Waals surface area contributed by atoms with Crippen LogP contribution in [0.1, 0.15) is 40.7 Å². The Bertz CT molecular complexity index is 1580. The first kappa shape index (κ1) is 28.2. The van der Waals surface area contributed by atoms with E-state index in [4.69, 9.17) is 15.0 Å². The molecule has 0 saturated carbocycles. The van der Waals surface area contributed by atoms with Crippen molar-refractivity contribution in [1.82, 2.24) is 14.9 Å². The summed E-state index contributed by atoms with van der Waals surface area (Å²) < 4.78 is 22.8. The summed E-state index contributed by atoms with van der Waals surface area (Å²) in [6.07, 6.45) is 3.06. The molecule has 7 nitrogen and oxygen atoms in total. The molecular formula is C34H35N5O2S. The first-order valence-electron chi connectivity index (χ1n) is 14.5. The molecule has 3 atom stereocenters. The molecule has 1 fully saturated rings. The molecule has 0 spiro atoms. The number of rotatable bonds is 3. The summed E-state index contributed by atoms with van der Waals surface area (Å²) in [5.74, 6) is 1.59. The van der Waals surface area contributed by atoms with Gasteiger partial charge in [-0.2, -0.15) is 15.0 Å². The molecule has 2 unspecified atom stereocenters. The summed E-state index contributed by atoms with van der Waals surface area (Å²) in [6.45, 7) is 7.48. The number of benzene rings is 3. The molecule has 214 valence electrons. The Hall–Kier alpha value is -3.90. The average Bonchev–Trinajstić information content (AvgIpc) is 2.99. The molecule has 3 aromatic carbocycles.